The molecule has 21 aromatic rings. The highest BCUT2D eigenvalue weighted by molar-refractivity contribution is 6.19. The van der Waals surface area contributed by atoms with Gasteiger partial charge in [-0.3, -0.25) is 9.97 Å². The van der Waals surface area contributed by atoms with E-state index in [9.17, 15) is 5.26 Å². The first kappa shape index (κ1) is 57.9. The summed E-state index contributed by atoms with van der Waals surface area (Å²) < 4.78 is 12.2. The second kappa shape index (κ2) is 23.0. The summed E-state index contributed by atoms with van der Waals surface area (Å²) in [5, 5.41) is 24.2. The molecule has 8 heteroatoms. The highest BCUT2D eigenvalue weighted by Gasteiger charge is 2.36. The Morgan fingerprint density at radius 2 is 0.505 bits per heavy atom. The van der Waals surface area contributed by atoms with Gasteiger partial charge in [-0.25, -0.2) is 0 Å². The minimum Gasteiger partial charge on any atom is -0.309 e. The highest BCUT2D eigenvalue weighted by Crippen LogP contribution is 2.53. The number of nitriles is 1. The van der Waals surface area contributed by atoms with Crippen molar-refractivity contribution in [1.29, 1.82) is 5.26 Å². The van der Waals surface area contributed by atoms with E-state index in [0.717, 1.165) is 193 Å². The molecule has 0 N–H and O–H groups in total. The van der Waals surface area contributed by atoms with Crippen molar-refractivity contribution in [2.45, 2.75) is 0 Å². The summed E-state index contributed by atoms with van der Waals surface area (Å²) in [5.41, 5.74) is 25.0. The van der Waals surface area contributed by atoms with Crippen LogP contribution in [0.2, 0.25) is 0 Å². The van der Waals surface area contributed by atoms with Crippen molar-refractivity contribution in [3.8, 4) is 90.1 Å². The molecule has 478 valence electrons. The average molecular weight is 1310 g/mol. The van der Waals surface area contributed by atoms with Crippen molar-refractivity contribution in [2.24, 2.45) is 0 Å². The number of nitrogens with zero attached hydrogens (tertiary/aromatic N) is 8. The number of hydrogen-bond donors (Lipinski definition) is 0. The molecule has 0 unspecified atom stereocenters. The molecule has 0 bridgehead atoms. The number of rotatable bonds is 10. The van der Waals surface area contributed by atoms with E-state index in [-0.39, 0.29) is 0 Å². The van der Waals surface area contributed by atoms with E-state index >= 15 is 0 Å². The summed E-state index contributed by atoms with van der Waals surface area (Å²) in [4.78, 5) is 9.39. The molecule has 0 radical (unpaired) electrons. The minimum absolute atomic E-state index is 0.482. The topological polar surface area (TPSA) is 74.2 Å². The van der Waals surface area contributed by atoms with Crippen molar-refractivity contribution in [3.05, 3.63) is 358 Å². The molecule has 103 heavy (non-hydrogen) atoms. The molecular weight excluding hydrogens is 1250 g/mol. The minimum atomic E-state index is 0.482. The predicted molar refractivity (Wildman–Crippen MR) is 426 cm³/mol. The number of fused-ring (bicyclic) bond motifs is 15. The normalized spacial score (nSPS) is 11.9. The molecule has 0 spiro atoms. The highest BCUT2D eigenvalue weighted by atomic mass is 15.1. The first-order valence-corrected chi connectivity index (χ1v) is 34.9. The van der Waals surface area contributed by atoms with Gasteiger partial charge in [0.1, 0.15) is 11.6 Å². The first-order chi connectivity index (χ1) is 51.1. The summed E-state index contributed by atoms with van der Waals surface area (Å²) in [6, 6.07) is 122. The van der Waals surface area contributed by atoms with Gasteiger partial charge >= 0.3 is 0 Å². The van der Waals surface area contributed by atoms with Gasteiger partial charge in [0.15, 0.2) is 0 Å². The largest absolute Gasteiger partial charge is 0.309 e. The van der Waals surface area contributed by atoms with Crippen LogP contribution >= 0.6 is 0 Å². The van der Waals surface area contributed by atoms with Gasteiger partial charge < -0.3 is 22.8 Å². The Balaban J connectivity index is 1.04. The maximum atomic E-state index is 13.6. The van der Waals surface area contributed by atoms with Crippen molar-refractivity contribution < 1.29 is 0 Å². The van der Waals surface area contributed by atoms with E-state index in [1.54, 1.807) is 0 Å². The van der Waals surface area contributed by atoms with Gasteiger partial charge in [-0.05, 0) is 147 Å². The summed E-state index contributed by atoms with van der Waals surface area (Å²) in [6.07, 6.45) is 7.67. The van der Waals surface area contributed by atoms with Crippen LogP contribution in [-0.4, -0.2) is 32.8 Å². The number of pyridine rings is 2. The monoisotopic (exact) mass is 1310 g/mol. The van der Waals surface area contributed by atoms with Crippen LogP contribution in [0.1, 0.15) is 5.56 Å². The lowest BCUT2D eigenvalue weighted by Gasteiger charge is -2.29. The summed E-state index contributed by atoms with van der Waals surface area (Å²) in [7, 11) is 0. The molecule has 0 fully saturated rings. The lowest BCUT2D eigenvalue weighted by atomic mass is 9.93. The van der Waals surface area contributed by atoms with Gasteiger partial charge in [0.25, 0.3) is 0 Å². The standard InChI is InChI=1S/C95H58N8/c96-57-78-92(100-81-36-17-13-32-70(81)74-53-64(40-44-85(74)100)60-22-5-1-6-23-60)94(102-83-38-19-15-34-72(83)76-55-66(42-46-87(76)102)62-26-9-3-10-27-62)91(68-30-21-31-69(52-68)99-89-48-50-97-58-79(89)80-59-98-51-49-90(80)99)95(103-84-39-20-16-35-73(84)77-56-67(43-47-88(77)103)63-28-11-4-12-29-63)93(78)101-82-37-18-14-33-71(82)75-54-65(41-45-86(75)101)61-24-7-2-8-25-61/h1-56,58-59H. The zero-order chi connectivity index (χ0) is 67.8. The molecule has 21 rings (SSSR count). The molecule has 14 aromatic carbocycles. The lowest BCUT2D eigenvalue weighted by Crippen LogP contribution is -2.16. The fraction of sp³-hybridized carbons (Fsp3) is 0. The van der Waals surface area contributed by atoms with E-state index in [0.29, 0.717) is 5.56 Å². The number of benzene rings is 14. The fourth-order valence-corrected chi connectivity index (χ4v) is 16.8. The molecule has 8 nitrogen and oxygen atoms in total. The zero-order valence-electron chi connectivity index (χ0n) is 55.6. The quantitative estimate of drug-likeness (QED) is 0.137. The third-order valence-corrected chi connectivity index (χ3v) is 21.3. The summed E-state index contributed by atoms with van der Waals surface area (Å²) in [5.74, 6) is 0. The van der Waals surface area contributed by atoms with Crippen LogP contribution in [0.25, 0.3) is 193 Å². The molecule has 0 amide bonds. The Bertz CT molecular complexity index is 6710. The lowest BCUT2D eigenvalue weighted by molar-refractivity contribution is 1.04. The van der Waals surface area contributed by atoms with Gasteiger partial charge in [0, 0.05) is 89.9 Å². The number of hydrogen-bond acceptors (Lipinski definition) is 3. The summed E-state index contributed by atoms with van der Waals surface area (Å²) >= 11 is 0. The van der Waals surface area contributed by atoms with Crippen LogP contribution in [-0.2, 0) is 0 Å². The predicted octanol–water partition coefficient (Wildman–Crippen LogP) is 24.2. The van der Waals surface area contributed by atoms with E-state index in [2.05, 4.69) is 356 Å². The van der Waals surface area contributed by atoms with E-state index in [1.165, 1.54) is 0 Å². The van der Waals surface area contributed by atoms with Crippen molar-refractivity contribution in [1.82, 2.24) is 32.8 Å². The second-order valence-corrected chi connectivity index (χ2v) is 26.7. The second-order valence-electron chi connectivity index (χ2n) is 26.7. The molecule has 0 atom stereocenters. The van der Waals surface area contributed by atoms with E-state index < -0.39 is 0 Å². The number of aromatic nitrogens is 7. The number of para-hydroxylation sites is 4. The summed E-state index contributed by atoms with van der Waals surface area (Å²) in [6.45, 7) is 0. The fourth-order valence-electron chi connectivity index (χ4n) is 16.8. The van der Waals surface area contributed by atoms with Crippen LogP contribution < -0.4 is 0 Å². The van der Waals surface area contributed by atoms with Crippen LogP contribution in [0.3, 0.4) is 0 Å². The van der Waals surface area contributed by atoms with Crippen LogP contribution in [0.15, 0.2) is 352 Å². The van der Waals surface area contributed by atoms with Gasteiger partial charge in [0.2, 0.25) is 0 Å². The molecule has 0 aliphatic carbocycles. The van der Waals surface area contributed by atoms with E-state index in [4.69, 9.17) is 9.97 Å². The van der Waals surface area contributed by atoms with E-state index in [1.807, 2.05) is 24.8 Å². The SMILES string of the molecule is N#Cc1c(-n2c3ccccc3c3cc(-c4ccccc4)ccc32)c(-n2c3ccccc3c3cc(-c4ccccc4)ccc32)c(-c2cccc(-n3c4ccncc4c4cnccc43)c2)c(-n2c3ccccc3c3cc(-c4ccccc4)ccc32)c1-n1c2ccccc2c2cc(-c3ccccc3)ccc21. The Morgan fingerprint density at radius 1 is 0.214 bits per heavy atom. The smallest absolute Gasteiger partial charge is 0.104 e. The molecular formula is C95H58N8. The van der Waals surface area contributed by atoms with Gasteiger partial charge in [-0.1, -0.05) is 231 Å². The molecule has 0 aliphatic rings. The molecule has 0 saturated carbocycles. The van der Waals surface area contributed by atoms with Gasteiger partial charge in [0.05, 0.1) is 77.9 Å². The van der Waals surface area contributed by atoms with Crippen molar-refractivity contribution >= 4 is 109 Å². The van der Waals surface area contributed by atoms with Crippen molar-refractivity contribution in [3.63, 3.8) is 0 Å². The Kier molecular flexibility index (Phi) is 12.9. The molecule has 0 aliphatic heterocycles. The van der Waals surface area contributed by atoms with Gasteiger partial charge in [-0.15, -0.1) is 0 Å². The molecule has 7 heterocycles. The van der Waals surface area contributed by atoms with Crippen LogP contribution in [0, 0.1) is 11.3 Å². The third kappa shape index (κ3) is 8.77. The van der Waals surface area contributed by atoms with Crippen LogP contribution in [0.4, 0.5) is 0 Å². The Hall–Kier alpha value is -14.1. The third-order valence-electron chi connectivity index (χ3n) is 21.3. The zero-order valence-corrected chi connectivity index (χ0v) is 55.6. The molecule has 7 aromatic heterocycles. The maximum Gasteiger partial charge on any atom is 0.104 e. The first-order valence-electron chi connectivity index (χ1n) is 34.9. The van der Waals surface area contributed by atoms with Crippen molar-refractivity contribution in [2.75, 3.05) is 0 Å². The Labute approximate surface area is 591 Å². The maximum absolute atomic E-state index is 13.6. The molecule has 0 saturated heterocycles. The van der Waals surface area contributed by atoms with Gasteiger partial charge in [-0.2, -0.15) is 5.26 Å². The van der Waals surface area contributed by atoms with Crippen LogP contribution in [0.5, 0.6) is 0 Å². The average Bonchev–Trinajstić information content (AvgIpc) is 1.60. The Morgan fingerprint density at radius 3 is 0.845 bits per heavy atom.